The van der Waals surface area contributed by atoms with Gasteiger partial charge in [-0.05, 0) is 36.2 Å². The van der Waals surface area contributed by atoms with Gasteiger partial charge in [-0.1, -0.05) is 24.3 Å². The van der Waals surface area contributed by atoms with E-state index in [1.165, 1.54) is 24.3 Å². The Morgan fingerprint density at radius 2 is 1.61 bits per heavy atom. The second-order valence-electron chi connectivity index (χ2n) is 4.01. The molecule has 0 atom stereocenters. The highest BCUT2D eigenvalue weighted by Gasteiger charge is 2.30. The van der Waals surface area contributed by atoms with E-state index in [0.717, 1.165) is 12.1 Å². The molecule has 2 rings (SSSR count). The van der Waals surface area contributed by atoms with Crippen LogP contribution in [0.15, 0.2) is 42.5 Å². The number of alkyl halides is 3. The number of benzene rings is 2. The largest absolute Gasteiger partial charge is 0.416 e. The summed E-state index contributed by atoms with van der Waals surface area (Å²) in [6.07, 6.45) is -4.42. The van der Waals surface area contributed by atoms with Crippen molar-refractivity contribution in [2.24, 2.45) is 0 Å². The Kier molecular flexibility index (Phi) is 3.11. The molecule has 0 heterocycles. The summed E-state index contributed by atoms with van der Waals surface area (Å²) < 4.78 is 51.5. The van der Waals surface area contributed by atoms with Gasteiger partial charge in [-0.15, -0.1) is 0 Å². The van der Waals surface area contributed by atoms with Gasteiger partial charge in [-0.2, -0.15) is 13.2 Å². The molecule has 0 nitrogen and oxygen atoms in total. The van der Waals surface area contributed by atoms with Crippen molar-refractivity contribution in [3.63, 3.8) is 0 Å². The third-order valence-electron chi connectivity index (χ3n) is 2.70. The SMILES string of the molecule is Cc1cccc(F)c1-c1cccc(C(F)(F)F)c1. The van der Waals surface area contributed by atoms with E-state index in [9.17, 15) is 17.6 Å². The fourth-order valence-electron chi connectivity index (χ4n) is 1.85. The second-order valence-corrected chi connectivity index (χ2v) is 4.01. The van der Waals surface area contributed by atoms with Gasteiger partial charge in [0.25, 0.3) is 0 Å². The predicted octanol–water partition coefficient (Wildman–Crippen LogP) is 4.82. The summed E-state index contributed by atoms with van der Waals surface area (Å²) in [5, 5.41) is 0. The maximum absolute atomic E-state index is 13.7. The zero-order valence-electron chi connectivity index (χ0n) is 9.55. The van der Waals surface area contributed by atoms with Crippen molar-refractivity contribution in [1.82, 2.24) is 0 Å². The van der Waals surface area contributed by atoms with Crippen LogP contribution in [0, 0.1) is 12.7 Å². The van der Waals surface area contributed by atoms with E-state index in [0.29, 0.717) is 5.56 Å². The van der Waals surface area contributed by atoms with Crippen LogP contribution in [0.4, 0.5) is 17.6 Å². The van der Waals surface area contributed by atoms with Crippen molar-refractivity contribution in [3.05, 3.63) is 59.4 Å². The van der Waals surface area contributed by atoms with E-state index in [1.807, 2.05) is 0 Å². The highest BCUT2D eigenvalue weighted by molar-refractivity contribution is 5.68. The Morgan fingerprint density at radius 3 is 2.22 bits per heavy atom. The van der Waals surface area contributed by atoms with Gasteiger partial charge in [0, 0.05) is 5.56 Å². The van der Waals surface area contributed by atoms with Gasteiger partial charge in [0.05, 0.1) is 5.56 Å². The Morgan fingerprint density at radius 1 is 0.944 bits per heavy atom. The highest BCUT2D eigenvalue weighted by Crippen LogP contribution is 2.33. The summed E-state index contributed by atoms with van der Waals surface area (Å²) in [7, 11) is 0. The molecule has 0 aliphatic rings. The molecule has 0 aliphatic carbocycles. The monoisotopic (exact) mass is 254 g/mol. The molecular formula is C14H10F4. The first kappa shape index (κ1) is 12.6. The van der Waals surface area contributed by atoms with Crippen LogP contribution < -0.4 is 0 Å². The zero-order valence-corrected chi connectivity index (χ0v) is 9.55. The third-order valence-corrected chi connectivity index (χ3v) is 2.70. The Labute approximate surface area is 102 Å². The average Bonchev–Trinajstić information content (AvgIpc) is 2.28. The van der Waals surface area contributed by atoms with Crippen molar-refractivity contribution in [2.45, 2.75) is 13.1 Å². The molecule has 0 spiro atoms. The standard InChI is InChI=1S/C14H10F4/c1-9-4-2-7-12(15)13(9)10-5-3-6-11(8-10)14(16,17)18/h2-8H,1H3. The van der Waals surface area contributed by atoms with Crippen molar-refractivity contribution >= 4 is 0 Å². The summed E-state index contributed by atoms with van der Waals surface area (Å²) in [6, 6.07) is 9.12. The smallest absolute Gasteiger partial charge is 0.206 e. The van der Waals surface area contributed by atoms with E-state index in [2.05, 4.69) is 0 Å². The Hall–Kier alpha value is -1.84. The van der Waals surface area contributed by atoms with Crippen LogP contribution in [-0.2, 0) is 6.18 Å². The van der Waals surface area contributed by atoms with Crippen LogP contribution in [-0.4, -0.2) is 0 Å². The molecule has 0 fully saturated rings. The van der Waals surface area contributed by atoms with Crippen molar-refractivity contribution < 1.29 is 17.6 Å². The van der Waals surface area contributed by atoms with Crippen molar-refractivity contribution in [2.75, 3.05) is 0 Å². The number of aryl methyl sites for hydroxylation is 1. The van der Waals surface area contributed by atoms with Gasteiger partial charge in [0.15, 0.2) is 0 Å². The highest BCUT2D eigenvalue weighted by atomic mass is 19.4. The maximum Gasteiger partial charge on any atom is 0.416 e. The van der Waals surface area contributed by atoms with E-state index in [4.69, 9.17) is 0 Å². The van der Waals surface area contributed by atoms with Crippen molar-refractivity contribution in [1.29, 1.82) is 0 Å². The lowest BCUT2D eigenvalue weighted by atomic mass is 9.98. The summed E-state index contributed by atoms with van der Waals surface area (Å²) in [5.74, 6) is -0.519. The molecule has 0 aliphatic heterocycles. The Balaban J connectivity index is 2.59. The van der Waals surface area contributed by atoms with Crippen LogP contribution in [0.25, 0.3) is 11.1 Å². The molecule has 2 aromatic rings. The number of hydrogen-bond acceptors (Lipinski definition) is 0. The molecule has 4 heteroatoms. The molecule has 0 radical (unpaired) electrons. The van der Waals surface area contributed by atoms with Crippen LogP contribution >= 0.6 is 0 Å². The van der Waals surface area contributed by atoms with Crippen molar-refractivity contribution in [3.8, 4) is 11.1 Å². The Bertz CT molecular complexity index is 550. The van der Waals surface area contributed by atoms with Gasteiger partial charge in [-0.3, -0.25) is 0 Å². The van der Waals surface area contributed by atoms with Gasteiger partial charge >= 0.3 is 6.18 Å². The molecule has 0 unspecified atom stereocenters. The number of rotatable bonds is 1. The maximum atomic E-state index is 13.7. The summed E-state index contributed by atoms with van der Waals surface area (Å²) in [5.41, 5.74) is 0.279. The molecule has 0 aromatic heterocycles. The fraction of sp³-hybridized carbons (Fsp3) is 0.143. The molecule has 0 N–H and O–H groups in total. The zero-order chi connectivity index (χ0) is 13.3. The van der Waals surface area contributed by atoms with Crippen LogP contribution in [0.3, 0.4) is 0 Å². The van der Waals surface area contributed by atoms with Crippen LogP contribution in [0.2, 0.25) is 0 Å². The molecule has 0 saturated carbocycles. The summed E-state index contributed by atoms with van der Waals surface area (Å²) in [6.45, 7) is 1.67. The summed E-state index contributed by atoms with van der Waals surface area (Å²) >= 11 is 0. The molecular weight excluding hydrogens is 244 g/mol. The first-order valence-electron chi connectivity index (χ1n) is 5.32. The normalized spacial score (nSPS) is 11.6. The average molecular weight is 254 g/mol. The lowest BCUT2D eigenvalue weighted by Gasteiger charge is -2.11. The van der Waals surface area contributed by atoms with E-state index in [1.54, 1.807) is 13.0 Å². The molecule has 18 heavy (non-hydrogen) atoms. The van der Waals surface area contributed by atoms with Crippen LogP contribution in [0.1, 0.15) is 11.1 Å². The van der Waals surface area contributed by atoms with E-state index in [-0.39, 0.29) is 11.1 Å². The third kappa shape index (κ3) is 2.37. The predicted molar refractivity (Wildman–Crippen MR) is 61.6 cm³/mol. The topological polar surface area (TPSA) is 0 Å². The fourth-order valence-corrected chi connectivity index (χ4v) is 1.85. The molecule has 0 amide bonds. The van der Waals surface area contributed by atoms with E-state index >= 15 is 0 Å². The van der Waals surface area contributed by atoms with Gasteiger partial charge in [0.1, 0.15) is 5.82 Å². The lowest BCUT2D eigenvalue weighted by molar-refractivity contribution is -0.137. The number of hydrogen-bond donors (Lipinski definition) is 0. The lowest BCUT2D eigenvalue weighted by Crippen LogP contribution is -2.04. The molecule has 2 aromatic carbocycles. The second kappa shape index (κ2) is 4.44. The summed E-state index contributed by atoms with van der Waals surface area (Å²) in [4.78, 5) is 0. The minimum Gasteiger partial charge on any atom is -0.206 e. The first-order chi connectivity index (χ1) is 8.39. The minimum absolute atomic E-state index is 0.212. The van der Waals surface area contributed by atoms with E-state index < -0.39 is 17.6 Å². The van der Waals surface area contributed by atoms with Crippen LogP contribution in [0.5, 0.6) is 0 Å². The quantitative estimate of drug-likeness (QED) is 0.640. The number of halogens is 4. The minimum atomic E-state index is -4.42. The van der Waals surface area contributed by atoms with Gasteiger partial charge in [-0.25, -0.2) is 4.39 Å². The van der Waals surface area contributed by atoms with Gasteiger partial charge < -0.3 is 0 Å². The molecule has 0 bridgehead atoms. The first-order valence-corrected chi connectivity index (χ1v) is 5.32. The van der Waals surface area contributed by atoms with Gasteiger partial charge in [0.2, 0.25) is 0 Å². The molecule has 94 valence electrons. The molecule has 0 saturated heterocycles.